The molecule has 1 aliphatic rings. The van der Waals surface area contributed by atoms with Gasteiger partial charge in [-0.15, -0.1) is 0 Å². The number of carbonyl (C=O) groups excluding carboxylic acids is 1. The lowest BCUT2D eigenvalue weighted by Gasteiger charge is -2.33. The first-order valence-electron chi connectivity index (χ1n) is 10.7. The molecule has 0 radical (unpaired) electrons. The molecule has 1 aliphatic heterocycles. The molecule has 7 heteroatoms. The number of hydrogen-bond donors (Lipinski definition) is 2. The molecule has 0 bridgehead atoms. The molecule has 1 heterocycles. The maximum Gasteiger partial charge on any atom is 0.293 e. The van der Waals surface area contributed by atoms with Crippen LogP contribution in [0.2, 0.25) is 0 Å². The molecule has 31 heavy (non-hydrogen) atoms. The first-order chi connectivity index (χ1) is 15.0. The van der Waals surface area contributed by atoms with Gasteiger partial charge in [0.15, 0.2) is 0 Å². The van der Waals surface area contributed by atoms with E-state index >= 15 is 0 Å². The standard InChI is InChI=1S/C24H26N4O3/c1-2-11-26-12-14-27(15-13-26)22-10-8-20(17-23(22)28(30)31)24(29)25-21-9-7-18-5-3-4-6-19(18)16-21/h3-10,16-17H,2,11-15H2,1H3,(H,25,29)/p+1. The number of quaternary nitrogens is 1. The van der Waals surface area contributed by atoms with Gasteiger partial charge in [-0.2, -0.15) is 0 Å². The average Bonchev–Trinajstić information content (AvgIpc) is 2.79. The minimum Gasteiger partial charge on any atom is -0.355 e. The lowest BCUT2D eigenvalue weighted by Crippen LogP contribution is -3.14. The van der Waals surface area contributed by atoms with Gasteiger partial charge < -0.3 is 15.1 Å². The first kappa shape index (κ1) is 20.8. The van der Waals surface area contributed by atoms with Crippen molar-refractivity contribution in [2.75, 3.05) is 42.9 Å². The molecule has 0 saturated carbocycles. The van der Waals surface area contributed by atoms with Crippen LogP contribution in [0, 0.1) is 10.1 Å². The highest BCUT2D eigenvalue weighted by molar-refractivity contribution is 6.06. The Bertz CT molecular complexity index is 1110. The summed E-state index contributed by atoms with van der Waals surface area (Å²) in [5.41, 5.74) is 1.50. The molecule has 3 aromatic rings. The van der Waals surface area contributed by atoms with Gasteiger partial charge in [0.25, 0.3) is 11.6 Å². The van der Waals surface area contributed by atoms with Crippen molar-refractivity contribution >= 4 is 33.7 Å². The summed E-state index contributed by atoms with van der Waals surface area (Å²) in [5.74, 6) is -0.359. The molecule has 3 aromatic carbocycles. The van der Waals surface area contributed by atoms with Crippen molar-refractivity contribution in [1.29, 1.82) is 0 Å². The fourth-order valence-corrected chi connectivity index (χ4v) is 4.22. The van der Waals surface area contributed by atoms with E-state index in [1.54, 1.807) is 12.1 Å². The first-order valence-corrected chi connectivity index (χ1v) is 10.7. The van der Waals surface area contributed by atoms with Crippen LogP contribution in [0.1, 0.15) is 23.7 Å². The third kappa shape index (κ3) is 4.67. The molecule has 2 N–H and O–H groups in total. The zero-order valence-electron chi connectivity index (χ0n) is 17.6. The highest BCUT2D eigenvalue weighted by Crippen LogP contribution is 2.30. The second-order valence-electron chi connectivity index (χ2n) is 7.96. The monoisotopic (exact) mass is 419 g/mol. The summed E-state index contributed by atoms with van der Waals surface area (Å²) < 4.78 is 0. The molecule has 1 fully saturated rings. The van der Waals surface area contributed by atoms with E-state index in [1.807, 2.05) is 42.5 Å². The SMILES string of the molecule is CCC[NH+]1CCN(c2ccc(C(=O)Nc3ccc4ccccc4c3)cc2[N+](=O)[O-])CC1. The molecule has 160 valence electrons. The van der Waals surface area contributed by atoms with E-state index in [9.17, 15) is 14.9 Å². The van der Waals surface area contributed by atoms with Gasteiger partial charge in [0.1, 0.15) is 5.69 Å². The molecule has 1 amide bonds. The number of rotatable bonds is 6. The second-order valence-corrected chi connectivity index (χ2v) is 7.96. The quantitative estimate of drug-likeness (QED) is 0.475. The molecular formula is C24H27N4O3+. The van der Waals surface area contributed by atoms with Crippen molar-refractivity contribution in [2.24, 2.45) is 0 Å². The number of carbonyl (C=O) groups is 1. The molecule has 0 aromatic heterocycles. The van der Waals surface area contributed by atoms with Crippen LogP contribution < -0.4 is 15.1 Å². The van der Waals surface area contributed by atoms with Gasteiger partial charge in [0, 0.05) is 17.3 Å². The summed E-state index contributed by atoms with van der Waals surface area (Å²) in [6.07, 6.45) is 1.14. The Kier molecular flexibility index (Phi) is 6.13. The van der Waals surface area contributed by atoms with Crippen LogP contribution in [0.25, 0.3) is 10.8 Å². The highest BCUT2D eigenvalue weighted by atomic mass is 16.6. The molecule has 1 saturated heterocycles. The summed E-state index contributed by atoms with van der Waals surface area (Å²) in [7, 11) is 0. The minimum absolute atomic E-state index is 0.0231. The van der Waals surface area contributed by atoms with E-state index in [1.165, 1.54) is 11.0 Å². The number of nitrogens with one attached hydrogen (secondary N) is 2. The fourth-order valence-electron chi connectivity index (χ4n) is 4.22. The molecule has 7 nitrogen and oxygen atoms in total. The van der Waals surface area contributed by atoms with Gasteiger partial charge in [-0.1, -0.05) is 37.3 Å². The molecule has 4 rings (SSSR count). The number of hydrogen-bond acceptors (Lipinski definition) is 4. The summed E-state index contributed by atoms with van der Waals surface area (Å²) >= 11 is 0. The number of amides is 1. The van der Waals surface area contributed by atoms with E-state index in [2.05, 4.69) is 17.1 Å². The lowest BCUT2D eigenvalue weighted by molar-refractivity contribution is -0.900. The predicted molar refractivity (Wildman–Crippen MR) is 123 cm³/mol. The van der Waals surface area contributed by atoms with Crippen molar-refractivity contribution in [3.63, 3.8) is 0 Å². The van der Waals surface area contributed by atoms with E-state index in [0.717, 1.165) is 49.9 Å². The van der Waals surface area contributed by atoms with Crippen LogP contribution in [0.15, 0.2) is 60.7 Å². The Balaban J connectivity index is 1.52. The average molecular weight is 420 g/mol. The molecule has 0 aliphatic carbocycles. The molecule has 0 unspecified atom stereocenters. The van der Waals surface area contributed by atoms with Gasteiger partial charge in [-0.25, -0.2) is 0 Å². The van der Waals surface area contributed by atoms with Gasteiger partial charge in [-0.3, -0.25) is 14.9 Å². The van der Waals surface area contributed by atoms with E-state index in [4.69, 9.17) is 0 Å². The van der Waals surface area contributed by atoms with Gasteiger partial charge in [0.05, 0.1) is 37.6 Å². The van der Waals surface area contributed by atoms with Crippen molar-refractivity contribution in [1.82, 2.24) is 0 Å². The van der Waals surface area contributed by atoms with Crippen LogP contribution in [0.3, 0.4) is 0 Å². The van der Waals surface area contributed by atoms with Crippen molar-refractivity contribution in [2.45, 2.75) is 13.3 Å². The molecule has 0 spiro atoms. The van der Waals surface area contributed by atoms with Crippen molar-refractivity contribution < 1.29 is 14.6 Å². The topological polar surface area (TPSA) is 79.9 Å². The van der Waals surface area contributed by atoms with Crippen molar-refractivity contribution in [3.05, 3.63) is 76.3 Å². The third-order valence-corrected chi connectivity index (χ3v) is 5.86. The van der Waals surface area contributed by atoms with Crippen LogP contribution in [0.4, 0.5) is 17.1 Å². The predicted octanol–water partition coefficient (Wildman–Crippen LogP) is 3.12. The number of anilines is 2. The van der Waals surface area contributed by atoms with Crippen LogP contribution in [-0.2, 0) is 0 Å². The minimum atomic E-state index is -0.395. The van der Waals surface area contributed by atoms with Crippen LogP contribution in [-0.4, -0.2) is 43.6 Å². The zero-order chi connectivity index (χ0) is 21.8. The summed E-state index contributed by atoms with van der Waals surface area (Å²) in [6.45, 7) is 6.79. The normalized spacial score (nSPS) is 14.5. The van der Waals surface area contributed by atoms with Crippen LogP contribution in [0.5, 0.6) is 0 Å². The Hall–Kier alpha value is -3.45. The number of nitro benzene ring substituents is 1. The van der Waals surface area contributed by atoms with Crippen molar-refractivity contribution in [3.8, 4) is 0 Å². The summed E-state index contributed by atoms with van der Waals surface area (Å²) in [5, 5.41) is 16.7. The number of fused-ring (bicyclic) bond motifs is 1. The molecule has 0 atom stereocenters. The fraction of sp³-hybridized carbons (Fsp3) is 0.292. The van der Waals surface area contributed by atoms with Gasteiger partial charge in [-0.05, 0) is 41.5 Å². The smallest absolute Gasteiger partial charge is 0.293 e. The number of nitrogens with zero attached hydrogens (tertiary/aromatic N) is 2. The highest BCUT2D eigenvalue weighted by Gasteiger charge is 2.26. The largest absolute Gasteiger partial charge is 0.355 e. The third-order valence-electron chi connectivity index (χ3n) is 5.86. The maximum absolute atomic E-state index is 12.8. The zero-order valence-corrected chi connectivity index (χ0v) is 17.6. The Morgan fingerprint density at radius 3 is 2.52 bits per heavy atom. The summed E-state index contributed by atoms with van der Waals surface area (Å²) in [4.78, 5) is 27.7. The van der Waals surface area contributed by atoms with Crippen LogP contribution >= 0.6 is 0 Å². The number of benzene rings is 3. The summed E-state index contributed by atoms with van der Waals surface area (Å²) in [6, 6.07) is 18.3. The molecular weight excluding hydrogens is 392 g/mol. The number of piperazine rings is 1. The number of nitro groups is 1. The maximum atomic E-state index is 12.8. The van der Waals surface area contributed by atoms with Gasteiger partial charge >= 0.3 is 0 Å². The Labute approximate surface area is 181 Å². The Morgan fingerprint density at radius 2 is 1.81 bits per heavy atom. The van der Waals surface area contributed by atoms with Gasteiger partial charge in [0.2, 0.25) is 0 Å². The Morgan fingerprint density at radius 1 is 1.06 bits per heavy atom. The van der Waals surface area contributed by atoms with E-state index in [-0.39, 0.29) is 17.2 Å². The van der Waals surface area contributed by atoms with E-state index in [0.29, 0.717) is 11.4 Å². The lowest BCUT2D eigenvalue weighted by atomic mass is 10.1. The second kappa shape index (κ2) is 9.14. The van der Waals surface area contributed by atoms with E-state index < -0.39 is 4.92 Å².